The van der Waals surface area contributed by atoms with Crippen molar-refractivity contribution in [2.75, 3.05) is 0 Å². The van der Waals surface area contributed by atoms with Gasteiger partial charge >= 0.3 is 5.97 Å². The molecule has 0 saturated heterocycles. The molecule has 0 aliphatic carbocycles. The molecule has 21 heavy (non-hydrogen) atoms. The van der Waals surface area contributed by atoms with Crippen molar-refractivity contribution in [2.24, 2.45) is 0 Å². The number of hydrogen-bond acceptors (Lipinski definition) is 2. The molecule has 0 heterocycles. The Kier molecular flexibility index (Phi) is 4.26. The molecule has 0 saturated carbocycles. The molecule has 1 unspecified atom stereocenters. The van der Waals surface area contributed by atoms with E-state index in [2.05, 4.69) is 0 Å². The van der Waals surface area contributed by atoms with E-state index in [1.807, 2.05) is 58.0 Å². The molecule has 1 N–H and O–H groups in total. The molecule has 2 rings (SSSR count). The van der Waals surface area contributed by atoms with Crippen LogP contribution in [0.25, 0.3) is 10.8 Å². The number of carboxylic acid groups (broad SMARTS) is 1. The summed E-state index contributed by atoms with van der Waals surface area (Å²) in [5.41, 5.74) is 0.762. The molecule has 2 aromatic carbocycles. The highest BCUT2D eigenvalue weighted by Gasteiger charge is 2.30. The predicted molar refractivity (Wildman–Crippen MR) is 84.9 cm³/mol. The molecule has 0 aromatic heterocycles. The van der Waals surface area contributed by atoms with Crippen molar-refractivity contribution >= 4 is 28.3 Å². The lowest BCUT2D eigenvalue weighted by Crippen LogP contribution is -2.28. The van der Waals surface area contributed by atoms with E-state index in [9.17, 15) is 9.90 Å². The molecule has 0 bridgehead atoms. The quantitative estimate of drug-likeness (QED) is 0.890. The Balaban J connectivity index is 2.65. The van der Waals surface area contributed by atoms with Gasteiger partial charge < -0.3 is 9.84 Å². The van der Waals surface area contributed by atoms with Gasteiger partial charge in [-0.3, -0.25) is 0 Å². The largest absolute Gasteiger partial charge is 0.479 e. The van der Waals surface area contributed by atoms with Crippen molar-refractivity contribution in [3.63, 3.8) is 0 Å². The molecular weight excluding hydrogens is 288 g/mol. The predicted octanol–water partition coefficient (Wildman–Crippen LogP) is 4.74. The standard InChI is InChI=1S/C17H19ClO3/c1-10-9-11-7-5-6-8-12(11)14(18)13(10)15(16(19)20)21-17(2,3)4/h5-9,15H,1-4H3,(H,19,20). The second kappa shape index (κ2) is 5.66. The monoisotopic (exact) mass is 306 g/mol. The fraction of sp³-hybridized carbons (Fsp3) is 0.353. The lowest BCUT2D eigenvalue weighted by Gasteiger charge is -2.27. The highest BCUT2D eigenvalue weighted by Crippen LogP contribution is 2.37. The van der Waals surface area contributed by atoms with Gasteiger partial charge in [0, 0.05) is 10.9 Å². The number of halogens is 1. The van der Waals surface area contributed by atoms with Crippen LogP contribution in [0.5, 0.6) is 0 Å². The first kappa shape index (κ1) is 15.8. The first-order valence-corrected chi connectivity index (χ1v) is 7.17. The van der Waals surface area contributed by atoms with Crippen molar-refractivity contribution in [1.82, 2.24) is 0 Å². The molecule has 1 atom stereocenters. The molecular formula is C17H19ClO3. The van der Waals surface area contributed by atoms with Gasteiger partial charge in [0.15, 0.2) is 6.10 Å². The Labute approximate surface area is 129 Å². The lowest BCUT2D eigenvalue weighted by atomic mass is 9.97. The van der Waals surface area contributed by atoms with Crippen LogP contribution in [0, 0.1) is 6.92 Å². The minimum atomic E-state index is -1.08. The van der Waals surface area contributed by atoms with Crippen LogP contribution in [0.1, 0.15) is 38.0 Å². The molecule has 0 aliphatic heterocycles. The number of carboxylic acids is 1. The van der Waals surface area contributed by atoms with Crippen LogP contribution in [0.15, 0.2) is 30.3 Å². The normalized spacial score (nSPS) is 13.4. The Hall–Kier alpha value is -1.58. The smallest absolute Gasteiger partial charge is 0.337 e. The second-order valence-electron chi connectivity index (χ2n) is 6.09. The van der Waals surface area contributed by atoms with Crippen molar-refractivity contribution in [3.8, 4) is 0 Å². The molecule has 0 amide bonds. The van der Waals surface area contributed by atoms with Crippen molar-refractivity contribution in [3.05, 3.63) is 46.5 Å². The molecule has 4 heteroatoms. The zero-order valence-corrected chi connectivity index (χ0v) is 13.4. The molecule has 0 aliphatic rings. The minimum Gasteiger partial charge on any atom is -0.479 e. The first-order chi connectivity index (χ1) is 9.70. The van der Waals surface area contributed by atoms with Crippen LogP contribution in [0.2, 0.25) is 5.02 Å². The summed E-state index contributed by atoms with van der Waals surface area (Å²) in [6, 6.07) is 9.60. The summed E-state index contributed by atoms with van der Waals surface area (Å²) in [4.78, 5) is 11.6. The number of benzene rings is 2. The van der Waals surface area contributed by atoms with Crippen LogP contribution in [0.3, 0.4) is 0 Å². The van der Waals surface area contributed by atoms with Crippen LogP contribution >= 0.6 is 11.6 Å². The molecule has 0 radical (unpaired) electrons. The highest BCUT2D eigenvalue weighted by atomic mass is 35.5. The van der Waals surface area contributed by atoms with E-state index >= 15 is 0 Å². The highest BCUT2D eigenvalue weighted by molar-refractivity contribution is 6.36. The zero-order valence-electron chi connectivity index (χ0n) is 12.6. The summed E-state index contributed by atoms with van der Waals surface area (Å²) in [5.74, 6) is -1.04. The molecule has 0 spiro atoms. The van der Waals surface area contributed by atoms with E-state index in [4.69, 9.17) is 16.3 Å². The topological polar surface area (TPSA) is 46.5 Å². The summed E-state index contributed by atoms with van der Waals surface area (Å²) in [6.07, 6.45) is -1.08. The van der Waals surface area contributed by atoms with Gasteiger partial charge in [0.05, 0.1) is 10.6 Å². The molecule has 112 valence electrons. The number of aryl methyl sites for hydroxylation is 1. The SMILES string of the molecule is Cc1cc2ccccc2c(Cl)c1C(OC(C)(C)C)C(=O)O. The summed E-state index contributed by atoms with van der Waals surface area (Å²) in [7, 11) is 0. The van der Waals surface area contributed by atoms with Crippen molar-refractivity contribution in [2.45, 2.75) is 39.4 Å². The molecule has 2 aromatic rings. The second-order valence-corrected chi connectivity index (χ2v) is 6.47. The summed E-state index contributed by atoms with van der Waals surface area (Å²) in [6.45, 7) is 7.34. The van der Waals surface area contributed by atoms with E-state index < -0.39 is 17.7 Å². The van der Waals surface area contributed by atoms with Crippen LogP contribution in [-0.2, 0) is 9.53 Å². The van der Waals surface area contributed by atoms with Gasteiger partial charge in [0.25, 0.3) is 0 Å². The van der Waals surface area contributed by atoms with Gasteiger partial charge in [-0.1, -0.05) is 41.9 Å². The zero-order chi connectivity index (χ0) is 15.8. The summed E-state index contributed by atoms with van der Waals surface area (Å²) >= 11 is 6.47. The Bertz CT molecular complexity index is 686. The fourth-order valence-electron chi connectivity index (χ4n) is 2.36. The van der Waals surface area contributed by atoms with E-state index in [1.165, 1.54) is 0 Å². The number of rotatable bonds is 3. The number of fused-ring (bicyclic) bond motifs is 1. The number of hydrogen-bond donors (Lipinski definition) is 1. The first-order valence-electron chi connectivity index (χ1n) is 6.79. The number of carbonyl (C=O) groups is 1. The van der Waals surface area contributed by atoms with Gasteiger partial charge in [-0.25, -0.2) is 4.79 Å². The van der Waals surface area contributed by atoms with Gasteiger partial charge in [-0.15, -0.1) is 0 Å². The Morgan fingerprint density at radius 2 is 1.90 bits per heavy atom. The van der Waals surface area contributed by atoms with Gasteiger partial charge in [-0.2, -0.15) is 0 Å². The summed E-state index contributed by atoms with van der Waals surface area (Å²) < 4.78 is 5.71. The van der Waals surface area contributed by atoms with E-state index in [0.717, 1.165) is 16.3 Å². The maximum Gasteiger partial charge on any atom is 0.337 e. The fourth-order valence-corrected chi connectivity index (χ4v) is 2.78. The average Bonchev–Trinajstić information content (AvgIpc) is 2.36. The van der Waals surface area contributed by atoms with Crippen LogP contribution < -0.4 is 0 Å². The maximum absolute atomic E-state index is 11.6. The third-order valence-electron chi connectivity index (χ3n) is 3.19. The van der Waals surface area contributed by atoms with Gasteiger partial charge in [-0.05, 0) is 38.6 Å². The van der Waals surface area contributed by atoms with Crippen molar-refractivity contribution in [1.29, 1.82) is 0 Å². The third-order valence-corrected chi connectivity index (χ3v) is 3.60. The molecule has 0 fully saturated rings. The van der Waals surface area contributed by atoms with E-state index in [1.54, 1.807) is 0 Å². The van der Waals surface area contributed by atoms with Gasteiger partial charge in [0.1, 0.15) is 0 Å². The lowest BCUT2D eigenvalue weighted by molar-refractivity contribution is -0.160. The third kappa shape index (κ3) is 3.36. The van der Waals surface area contributed by atoms with E-state index in [0.29, 0.717) is 10.6 Å². The van der Waals surface area contributed by atoms with E-state index in [-0.39, 0.29) is 0 Å². The molecule has 3 nitrogen and oxygen atoms in total. The Morgan fingerprint density at radius 3 is 2.48 bits per heavy atom. The maximum atomic E-state index is 11.6. The minimum absolute atomic E-state index is 0.447. The number of aliphatic carboxylic acids is 1. The van der Waals surface area contributed by atoms with Crippen molar-refractivity contribution < 1.29 is 14.6 Å². The number of ether oxygens (including phenoxy) is 1. The van der Waals surface area contributed by atoms with Gasteiger partial charge in [0.2, 0.25) is 0 Å². The van der Waals surface area contributed by atoms with Crippen LogP contribution in [-0.4, -0.2) is 16.7 Å². The summed E-state index contributed by atoms with van der Waals surface area (Å²) in [5, 5.41) is 11.8. The van der Waals surface area contributed by atoms with Crippen LogP contribution in [0.4, 0.5) is 0 Å². The average molecular weight is 307 g/mol. The Morgan fingerprint density at radius 1 is 1.29 bits per heavy atom.